The van der Waals surface area contributed by atoms with Crippen molar-refractivity contribution in [3.63, 3.8) is 0 Å². The van der Waals surface area contributed by atoms with Gasteiger partial charge in [0.2, 0.25) is 0 Å². The molecule has 0 saturated carbocycles. The average molecular weight is 213 g/mol. The van der Waals surface area contributed by atoms with Gasteiger partial charge in [0, 0.05) is 23.7 Å². The smallest absolute Gasteiger partial charge is 0.0474 e. The summed E-state index contributed by atoms with van der Waals surface area (Å²) in [6.07, 6.45) is 0.735. The van der Waals surface area contributed by atoms with Gasteiger partial charge in [0.15, 0.2) is 0 Å². The van der Waals surface area contributed by atoms with Crippen molar-refractivity contribution >= 4 is 23.2 Å². The van der Waals surface area contributed by atoms with Crippen molar-refractivity contribution in [1.82, 2.24) is 0 Å². The van der Waals surface area contributed by atoms with Crippen LogP contribution in [0.2, 0.25) is 0 Å². The van der Waals surface area contributed by atoms with Crippen LogP contribution in [0.5, 0.6) is 0 Å². The predicted molar refractivity (Wildman–Crippen MR) is 58.2 cm³/mol. The largest absolute Gasteiger partial charge is 0.126 e. The molecule has 0 spiro atoms. The van der Waals surface area contributed by atoms with Crippen LogP contribution >= 0.6 is 23.2 Å². The first kappa shape index (κ1) is 10.4. The molecule has 0 unspecified atom stereocenters. The van der Waals surface area contributed by atoms with Gasteiger partial charge in [0.25, 0.3) is 0 Å². The van der Waals surface area contributed by atoms with Crippen LogP contribution in [0.1, 0.15) is 17.5 Å². The van der Waals surface area contributed by atoms with E-state index in [0.717, 1.165) is 17.5 Å². The molecule has 2 heteroatoms. The van der Waals surface area contributed by atoms with Gasteiger partial charge < -0.3 is 0 Å². The van der Waals surface area contributed by atoms with E-state index in [1.807, 2.05) is 24.3 Å². The molecule has 0 atom stereocenters. The van der Waals surface area contributed by atoms with E-state index in [4.69, 9.17) is 23.2 Å². The molecule has 0 saturated heterocycles. The summed E-state index contributed by atoms with van der Waals surface area (Å²) >= 11 is 11.1. The lowest BCUT2D eigenvalue weighted by Gasteiger charge is -1.93. The highest BCUT2D eigenvalue weighted by Crippen LogP contribution is 2.05. The van der Waals surface area contributed by atoms with Gasteiger partial charge in [-0.25, -0.2) is 0 Å². The van der Waals surface area contributed by atoms with Gasteiger partial charge in [-0.2, -0.15) is 0 Å². The van der Waals surface area contributed by atoms with E-state index < -0.39 is 0 Å². The van der Waals surface area contributed by atoms with Crippen molar-refractivity contribution in [2.45, 2.75) is 12.3 Å². The molecule has 0 amide bonds. The summed E-state index contributed by atoms with van der Waals surface area (Å²) < 4.78 is 0. The third kappa shape index (κ3) is 3.72. The molecular formula is C11H10Cl2. The van der Waals surface area contributed by atoms with Crippen molar-refractivity contribution in [1.29, 1.82) is 0 Å². The van der Waals surface area contributed by atoms with Crippen LogP contribution in [0.15, 0.2) is 24.3 Å². The molecule has 0 radical (unpaired) electrons. The van der Waals surface area contributed by atoms with E-state index in [2.05, 4.69) is 11.8 Å². The number of rotatable bonds is 2. The zero-order chi connectivity index (χ0) is 9.52. The van der Waals surface area contributed by atoms with Gasteiger partial charge in [-0.3, -0.25) is 0 Å². The normalized spacial score (nSPS) is 9.08. The van der Waals surface area contributed by atoms with E-state index >= 15 is 0 Å². The first-order chi connectivity index (χ1) is 6.36. The maximum atomic E-state index is 5.65. The van der Waals surface area contributed by atoms with Crippen LogP contribution in [0.3, 0.4) is 0 Å². The van der Waals surface area contributed by atoms with E-state index in [9.17, 15) is 0 Å². The van der Waals surface area contributed by atoms with Gasteiger partial charge in [-0.15, -0.1) is 23.2 Å². The van der Waals surface area contributed by atoms with Gasteiger partial charge >= 0.3 is 0 Å². The summed E-state index contributed by atoms with van der Waals surface area (Å²) in [5.41, 5.74) is 2.13. The van der Waals surface area contributed by atoms with E-state index in [-0.39, 0.29) is 0 Å². The SMILES string of the molecule is ClCCC#Cc1ccc(CCl)cc1. The first-order valence-electron chi connectivity index (χ1n) is 4.06. The van der Waals surface area contributed by atoms with E-state index in [1.165, 1.54) is 0 Å². The maximum absolute atomic E-state index is 5.65. The second kappa shape index (κ2) is 5.91. The molecule has 1 aromatic carbocycles. The average Bonchev–Trinajstić information content (AvgIpc) is 2.19. The predicted octanol–water partition coefficient (Wildman–Crippen LogP) is 3.41. The summed E-state index contributed by atoms with van der Waals surface area (Å²) in [6, 6.07) is 7.91. The van der Waals surface area contributed by atoms with Crippen molar-refractivity contribution in [3.8, 4) is 11.8 Å². The third-order valence-corrected chi connectivity index (χ3v) is 2.06. The van der Waals surface area contributed by atoms with Gasteiger partial charge in [-0.05, 0) is 17.7 Å². The van der Waals surface area contributed by atoms with Gasteiger partial charge in [-0.1, -0.05) is 24.0 Å². The zero-order valence-electron chi connectivity index (χ0n) is 7.19. The Morgan fingerprint density at radius 3 is 2.31 bits per heavy atom. The van der Waals surface area contributed by atoms with Gasteiger partial charge in [0.1, 0.15) is 0 Å². The fraction of sp³-hybridized carbons (Fsp3) is 0.273. The van der Waals surface area contributed by atoms with Crippen molar-refractivity contribution in [2.24, 2.45) is 0 Å². The molecule has 1 aromatic rings. The van der Waals surface area contributed by atoms with Crippen LogP contribution in [0.4, 0.5) is 0 Å². The molecule has 0 N–H and O–H groups in total. The Bertz CT molecular complexity index is 303. The van der Waals surface area contributed by atoms with E-state index in [0.29, 0.717) is 11.8 Å². The summed E-state index contributed by atoms with van der Waals surface area (Å²) in [7, 11) is 0. The molecule has 0 bridgehead atoms. The minimum Gasteiger partial charge on any atom is -0.126 e. The topological polar surface area (TPSA) is 0 Å². The van der Waals surface area contributed by atoms with Crippen molar-refractivity contribution in [2.75, 3.05) is 5.88 Å². The lowest BCUT2D eigenvalue weighted by Crippen LogP contribution is -1.78. The molecule has 0 nitrogen and oxygen atoms in total. The molecule has 0 aliphatic heterocycles. The monoisotopic (exact) mass is 212 g/mol. The summed E-state index contributed by atoms with van der Waals surface area (Å²) in [6.45, 7) is 0. The van der Waals surface area contributed by atoms with Crippen LogP contribution in [0, 0.1) is 11.8 Å². The molecule has 68 valence electrons. The third-order valence-electron chi connectivity index (χ3n) is 1.56. The standard InChI is InChI=1S/C11H10Cl2/c12-8-2-1-3-10-4-6-11(9-13)7-5-10/h4-7H,2,8-9H2. The highest BCUT2D eigenvalue weighted by Gasteiger charge is 1.89. The molecule has 0 aliphatic carbocycles. The number of hydrogen-bond donors (Lipinski definition) is 0. The van der Waals surface area contributed by atoms with E-state index in [1.54, 1.807) is 0 Å². The van der Waals surface area contributed by atoms with Crippen LogP contribution in [-0.4, -0.2) is 5.88 Å². The molecule has 13 heavy (non-hydrogen) atoms. The Hall–Kier alpha value is -0.640. The first-order valence-corrected chi connectivity index (χ1v) is 5.13. The lowest BCUT2D eigenvalue weighted by atomic mass is 10.1. The number of hydrogen-bond acceptors (Lipinski definition) is 0. The van der Waals surface area contributed by atoms with Crippen LogP contribution < -0.4 is 0 Å². The Kier molecular flexibility index (Phi) is 4.75. The summed E-state index contributed by atoms with van der Waals surface area (Å²) in [4.78, 5) is 0. The summed E-state index contributed by atoms with van der Waals surface area (Å²) in [5, 5.41) is 0. The molecule has 0 fully saturated rings. The van der Waals surface area contributed by atoms with Crippen molar-refractivity contribution in [3.05, 3.63) is 35.4 Å². The molecule has 0 aliphatic rings. The van der Waals surface area contributed by atoms with Gasteiger partial charge in [0.05, 0.1) is 0 Å². The van der Waals surface area contributed by atoms with Crippen LogP contribution in [-0.2, 0) is 5.88 Å². The fourth-order valence-electron chi connectivity index (χ4n) is 0.889. The number of alkyl halides is 2. The van der Waals surface area contributed by atoms with Crippen LogP contribution in [0.25, 0.3) is 0 Å². The highest BCUT2D eigenvalue weighted by atomic mass is 35.5. The minimum atomic E-state index is 0.551. The second-order valence-corrected chi connectivity index (χ2v) is 3.22. The second-order valence-electron chi connectivity index (χ2n) is 2.57. The molecule has 1 rings (SSSR count). The molecular weight excluding hydrogens is 203 g/mol. The molecule has 0 aromatic heterocycles. The Morgan fingerprint density at radius 2 is 1.77 bits per heavy atom. The minimum absolute atomic E-state index is 0.551. The number of benzene rings is 1. The number of halogens is 2. The maximum Gasteiger partial charge on any atom is 0.0474 e. The molecule has 0 heterocycles. The Balaban J connectivity index is 2.65. The fourth-order valence-corrected chi connectivity index (χ4v) is 1.16. The highest BCUT2D eigenvalue weighted by molar-refractivity contribution is 6.18. The Labute approximate surface area is 88.9 Å². The summed E-state index contributed by atoms with van der Waals surface area (Å²) in [5.74, 6) is 7.13. The van der Waals surface area contributed by atoms with Crippen molar-refractivity contribution < 1.29 is 0 Å². The quantitative estimate of drug-likeness (QED) is 0.521. The zero-order valence-corrected chi connectivity index (χ0v) is 8.70. The lowest BCUT2D eigenvalue weighted by molar-refractivity contribution is 1.29. The Morgan fingerprint density at radius 1 is 1.08 bits per heavy atom.